The summed E-state index contributed by atoms with van der Waals surface area (Å²) in [5, 5.41) is 7.74. The number of alkyl carbamates (subject to hydrolysis) is 1. The number of carbonyl (C=O) groups excluding carboxylic acids is 3. The van der Waals surface area contributed by atoms with Crippen molar-refractivity contribution in [2.45, 2.75) is 39.3 Å². The van der Waals surface area contributed by atoms with E-state index in [0.29, 0.717) is 5.69 Å². The highest BCUT2D eigenvalue weighted by atomic mass is 79.9. The Morgan fingerprint density at radius 3 is 2.27 bits per heavy atom. The molecule has 0 saturated carbocycles. The largest absolute Gasteiger partial charge is 0.436 e. The van der Waals surface area contributed by atoms with Crippen molar-refractivity contribution in [3.05, 3.63) is 58.3 Å². The summed E-state index contributed by atoms with van der Waals surface area (Å²) in [4.78, 5) is 37.1. The summed E-state index contributed by atoms with van der Waals surface area (Å²) in [6.45, 7) is 6.70. The van der Waals surface area contributed by atoms with E-state index < -0.39 is 35.4 Å². The Morgan fingerprint density at radius 2 is 1.67 bits per heavy atom. The van der Waals surface area contributed by atoms with Crippen LogP contribution in [0.1, 0.15) is 38.1 Å². The summed E-state index contributed by atoms with van der Waals surface area (Å²) in [5.74, 6) is -1.96. The van der Waals surface area contributed by atoms with Crippen LogP contribution in [0, 0.1) is 5.82 Å². The molecule has 0 aliphatic carbocycles. The van der Waals surface area contributed by atoms with Gasteiger partial charge in [-0.25, -0.2) is 9.18 Å². The average Bonchev–Trinajstić information content (AvgIpc) is 2.63. The minimum absolute atomic E-state index is 0.0633. The molecule has 0 aliphatic rings. The number of benzene rings is 2. The van der Waals surface area contributed by atoms with Gasteiger partial charge in [0.2, 0.25) is 0 Å². The number of carbonyl (C=O) groups is 3. The summed E-state index contributed by atoms with van der Waals surface area (Å²) in [5.41, 5.74) is -0.0592. The van der Waals surface area contributed by atoms with Crippen LogP contribution in [-0.4, -0.2) is 29.6 Å². The first-order valence-electron chi connectivity index (χ1n) is 9.12. The molecule has 1 atom stereocenters. The van der Waals surface area contributed by atoms with Crippen molar-refractivity contribution in [3.8, 4) is 0 Å². The minimum atomic E-state index is -1.15. The van der Waals surface area contributed by atoms with E-state index in [4.69, 9.17) is 4.74 Å². The van der Waals surface area contributed by atoms with E-state index in [1.807, 2.05) is 0 Å². The normalized spacial score (nSPS) is 11.9. The molecule has 3 amide bonds. The predicted octanol–water partition coefficient (Wildman–Crippen LogP) is 4.69. The quantitative estimate of drug-likeness (QED) is 0.579. The number of hydrogen-bond acceptors (Lipinski definition) is 4. The molecule has 0 aromatic heterocycles. The van der Waals surface area contributed by atoms with E-state index in [1.165, 1.54) is 13.0 Å². The summed E-state index contributed by atoms with van der Waals surface area (Å²) in [7, 11) is 0. The summed E-state index contributed by atoms with van der Waals surface area (Å²) in [6.07, 6.45) is -1.91. The third kappa shape index (κ3) is 6.55. The molecular weight excluding hydrogens is 457 g/mol. The maximum Gasteiger partial charge on any atom is 0.408 e. The van der Waals surface area contributed by atoms with Crippen molar-refractivity contribution in [1.29, 1.82) is 0 Å². The average molecular weight is 480 g/mol. The van der Waals surface area contributed by atoms with Crippen molar-refractivity contribution in [3.63, 3.8) is 0 Å². The third-order valence-corrected chi connectivity index (χ3v) is 4.52. The smallest absolute Gasteiger partial charge is 0.408 e. The van der Waals surface area contributed by atoms with Gasteiger partial charge >= 0.3 is 6.09 Å². The number of rotatable bonds is 5. The summed E-state index contributed by atoms with van der Waals surface area (Å²) in [6, 6.07) is 11.0. The molecule has 3 N–H and O–H groups in total. The molecule has 0 radical (unpaired) electrons. The second-order valence-electron chi connectivity index (χ2n) is 7.52. The van der Waals surface area contributed by atoms with Crippen molar-refractivity contribution >= 4 is 45.2 Å². The molecule has 2 aromatic carbocycles. The highest BCUT2D eigenvalue weighted by Crippen LogP contribution is 2.29. The van der Waals surface area contributed by atoms with E-state index in [9.17, 15) is 18.8 Å². The highest BCUT2D eigenvalue weighted by molar-refractivity contribution is 9.10. The Hall–Kier alpha value is -2.94. The number of para-hydroxylation sites is 1. The Bertz CT molecular complexity index is 945. The second kappa shape index (κ2) is 9.71. The zero-order valence-corrected chi connectivity index (χ0v) is 18.6. The number of halogens is 2. The topological polar surface area (TPSA) is 96.5 Å². The molecule has 2 aromatic rings. The Balaban J connectivity index is 2.19. The summed E-state index contributed by atoms with van der Waals surface area (Å²) >= 11 is 3.06. The van der Waals surface area contributed by atoms with Crippen molar-refractivity contribution in [2.75, 3.05) is 10.6 Å². The van der Waals surface area contributed by atoms with Crippen molar-refractivity contribution in [2.24, 2.45) is 0 Å². The van der Waals surface area contributed by atoms with E-state index in [0.717, 1.165) is 6.07 Å². The Labute approximate surface area is 182 Å². The number of amides is 3. The molecule has 7 nitrogen and oxygen atoms in total. The van der Waals surface area contributed by atoms with Gasteiger partial charge in [-0.15, -0.1) is 0 Å². The Kier molecular flexibility index (Phi) is 7.55. The highest BCUT2D eigenvalue weighted by Gasteiger charge is 2.25. The maximum atomic E-state index is 14.1. The molecule has 0 saturated heterocycles. The van der Waals surface area contributed by atoms with E-state index in [1.54, 1.807) is 51.1 Å². The lowest BCUT2D eigenvalue weighted by molar-refractivity contribution is -0.123. The molecule has 160 valence electrons. The van der Waals surface area contributed by atoms with Gasteiger partial charge in [-0.3, -0.25) is 9.59 Å². The molecule has 30 heavy (non-hydrogen) atoms. The van der Waals surface area contributed by atoms with Gasteiger partial charge in [0.15, 0.2) is 6.10 Å². The van der Waals surface area contributed by atoms with E-state index in [-0.39, 0.29) is 15.7 Å². The second-order valence-corrected chi connectivity index (χ2v) is 8.31. The molecular formula is C21H23BrFN3O4. The van der Waals surface area contributed by atoms with Gasteiger partial charge in [-0.1, -0.05) is 18.2 Å². The van der Waals surface area contributed by atoms with Crippen molar-refractivity contribution in [1.82, 2.24) is 5.32 Å². The first kappa shape index (κ1) is 23.3. The van der Waals surface area contributed by atoms with Gasteiger partial charge in [0.05, 0.1) is 15.7 Å². The fraction of sp³-hybridized carbons (Fsp3) is 0.286. The minimum Gasteiger partial charge on any atom is -0.436 e. The first-order valence-corrected chi connectivity index (χ1v) is 9.91. The first-order chi connectivity index (χ1) is 14.0. The van der Waals surface area contributed by atoms with Crippen LogP contribution in [0.15, 0.2) is 46.9 Å². The lowest BCUT2D eigenvalue weighted by Crippen LogP contribution is -2.43. The van der Waals surface area contributed by atoms with Crippen LogP contribution in [0.5, 0.6) is 0 Å². The maximum absolute atomic E-state index is 14.1. The zero-order chi connectivity index (χ0) is 22.5. The van der Waals surface area contributed by atoms with Crippen LogP contribution in [0.4, 0.5) is 20.6 Å². The number of anilines is 2. The van der Waals surface area contributed by atoms with Gasteiger partial charge in [-0.2, -0.15) is 0 Å². The molecule has 0 unspecified atom stereocenters. The zero-order valence-electron chi connectivity index (χ0n) is 17.0. The fourth-order valence-corrected chi connectivity index (χ4v) is 2.90. The van der Waals surface area contributed by atoms with Crippen LogP contribution >= 0.6 is 15.9 Å². The molecule has 0 bridgehead atoms. The molecule has 0 aliphatic heterocycles. The molecule has 2 rings (SSSR count). The van der Waals surface area contributed by atoms with Gasteiger partial charge in [0.1, 0.15) is 5.82 Å². The van der Waals surface area contributed by atoms with Crippen LogP contribution < -0.4 is 16.0 Å². The van der Waals surface area contributed by atoms with Gasteiger partial charge in [-0.05, 0) is 67.9 Å². The van der Waals surface area contributed by atoms with Gasteiger partial charge in [0, 0.05) is 11.2 Å². The SMILES string of the molecule is C[C@H](OC(=O)NC(C)(C)C)C(=O)Nc1ccc(F)c(Br)c1C(=O)Nc1ccccc1. The molecule has 9 heteroatoms. The Morgan fingerprint density at radius 1 is 1.03 bits per heavy atom. The molecule has 0 heterocycles. The fourth-order valence-electron chi connectivity index (χ4n) is 2.38. The standard InChI is InChI=1S/C21H23BrFN3O4/c1-12(30-20(29)26-21(2,3)4)18(27)25-15-11-10-14(23)17(22)16(15)19(28)24-13-8-6-5-7-9-13/h5-12H,1-4H3,(H,24,28)(H,25,27)(H,26,29)/t12-/m0/s1. The third-order valence-electron chi connectivity index (χ3n) is 3.74. The van der Waals surface area contributed by atoms with Crippen LogP contribution in [0.2, 0.25) is 0 Å². The van der Waals surface area contributed by atoms with Crippen LogP contribution in [0.3, 0.4) is 0 Å². The van der Waals surface area contributed by atoms with Gasteiger partial charge in [0.25, 0.3) is 11.8 Å². The number of ether oxygens (including phenoxy) is 1. The molecule has 0 spiro atoms. The van der Waals surface area contributed by atoms with Gasteiger partial charge < -0.3 is 20.7 Å². The lowest BCUT2D eigenvalue weighted by Gasteiger charge is -2.22. The predicted molar refractivity (Wildman–Crippen MR) is 116 cm³/mol. The summed E-state index contributed by atoms with van der Waals surface area (Å²) < 4.78 is 19.0. The number of nitrogens with one attached hydrogen (secondary N) is 3. The van der Waals surface area contributed by atoms with Crippen LogP contribution in [-0.2, 0) is 9.53 Å². The monoisotopic (exact) mass is 479 g/mol. The van der Waals surface area contributed by atoms with Crippen molar-refractivity contribution < 1.29 is 23.5 Å². The van der Waals surface area contributed by atoms with E-state index in [2.05, 4.69) is 31.9 Å². The van der Waals surface area contributed by atoms with Crippen LogP contribution in [0.25, 0.3) is 0 Å². The number of hydrogen-bond donors (Lipinski definition) is 3. The molecule has 0 fully saturated rings. The van der Waals surface area contributed by atoms with E-state index >= 15 is 0 Å². The lowest BCUT2D eigenvalue weighted by atomic mass is 10.1.